The normalized spacial score (nSPS) is 16.8. The van der Waals surface area contributed by atoms with E-state index in [-0.39, 0.29) is 17.9 Å². The molecule has 6 rings (SSSR count). The number of fused-ring (bicyclic) bond motifs is 5. The predicted molar refractivity (Wildman–Crippen MR) is 139 cm³/mol. The molecule has 0 saturated carbocycles. The number of rotatable bonds is 2. The molecule has 1 N–H and O–H groups in total. The smallest absolute Gasteiger partial charge is 0.310 e. The average molecular weight is 486 g/mol. The van der Waals surface area contributed by atoms with Crippen LogP contribution in [0.5, 0.6) is 0 Å². The van der Waals surface area contributed by atoms with E-state index in [1.54, 1.807) is 19.1 Å². The summed E-state index contributed by atoms with van der Waals surface area (Å²) in [5.74, 6) is -0.322. The van der Waals surface area contributed by atoms with Crippen molar-refractivity contribution in [1.82, 2.24) is 9.47 Å². The van der Waals surface area contributed by atoms with E-state index in [0.717, 1.165) is 29.7 Å². The lowest BCUT2D eigenvalue weighted by molar-refractivity contribution is 0.194. The number of hydrogen-bond acceptors (Lipinski definition) is 2. The molecule has 3 heterocycles. The highest BCUT2D eigenvalue weighted by Gasteiger charge is 2.36. The Morgan fingerprint density at radius 3 is 2.71 bits per heavy atom. The Labute approximate surface area is 209 Å². The first kappa shape index (κ1) is 22.1. The molecule has 0 saturated heterocycles. The molecule has 1 aliphatic heterocycles. The van der Waals surface area contributed by atoms with Crippen LogP contribution in [0.25, 0.3) is 5.00 Å². The molecule has 1 aliphatic carbocycles. The molecule has 2 amide bonds. The Hall–Kier alpha value is -3.38. The van der Waals surface area contributed by atoms with Crippen LogP contribution in [0.1, 0.15) is 57.3 Å². The molecule has 1 atom stereocenters. The molecule has 0 spiro atoms. The maximum Gasteiger partial charge on any atom is 0.322 e. The molecular formula is C29H28FN3OS. The summed E-state index contributed by atoms with van der Waals surface area (Å²) in [6.07, 6.45) is 6.70. The van der Waals surface area contributed by atoms with E-state index in [9.17, 15) is 9.18 Å². The van der Waals surface area contributed by atoms with Crippen LogP contribution in [0.2, 0.25) is 0 Å². The number of halogens is 1. The van der Waals surface area contributed by atoms with Gasteiger partial charge in [0.1, 0.15) is 10.8 Å². The van der Waals surface area contributed by atoms with Crippen LogP contribution >= 0.6 is 11.3 Å². The van der Waals surface area contributed by atoms with Crippen LogP contribution < -0.4 is 5.32 Å². The molecule has 4 aromatic rings. The first-order valence-corrected chi connectivity index (χ1v) is 13.0. The van der Waals surface area contributed by atoms with E-state index < -0.39 is 0 Å². The number of nitrogens with zero attached hydrogens (tertiary/aromatic N) is 2. The van der Waals surface area contributed by atoms with Crippen molar-refractivity contribution in [3.8, 4) is 5.00 Å². The highest BCUT2D eigenvalue weighted by Crippen LogP contribution is 2.44. The highest BCUT2D eigenvalue weighted by atomic mass is 32.1. The maximum absolute atomic E-state index is 14.3. The fourth-order valence-corrected chi connectivity index (χ4v) is 6.85. The van der Waals surface area contributed by atoms with Gasteiger partial charge in [-0.1, -0.05) is 35.9 Å². The number of aryl methyl sites for hydroxylation is 3. The molecule has 0 radical (unpaired) electrons. The summed E-state index contributed by atoms with van der Waals surface area (Å²) < 4.78 is 16.5. The molecule has 4 nitrogen and oxygen atoms in total. The molecule has 2 aromatic heterocycles. The first-order chi connectivity index (χ1) is 17.0. The predicted octanol–water partition coefficient (Wildman–Crippen LogP) is 7.31. The van der Waals surface area contributed by atoms with Gasteiger partial charge in [0.25, 0.3) is 0 Å². The van der Waals surface area contributed by atoms with Gasteiger partial charge >= 0.3 is 6.03 Å². The lowest BCUT2D eigenvalue weighted by Gasteiger charge is -2.31. The van der Waals surface area contributed by atoms with Crippen molar-refractivity contribution < 1.29 is 9.18 Å². The van der Waals surface area contributed by atoms with Gasteiger partial charge in [-0.25, -0.2) is 9.18 Å². The van der Waals surface area contributed by atoms with Gasteiger partial charge in [0.2, 0.25) is 0 Å². The van der Waals surface area contributed by atoms with Crippen LogP contribution in [0.4, 0.5) is 14.9 Å². The summed E-state index contributed by atoms with van der Waals surface area (Å²) in [7, 11) is 0. The van der Waals surface area contributed by atoms with E-state index in [2.05, 4.69) is 53.3 Å². The average Bonchev–Trinajstić information content (AvgIpc) is 3.43. The van der Waals surface area contributed by atoms with Crippen molar-refractivity contribution in [3.05, 3.63) is 105 Å². The number of benzene rings is 2. The molecule has 178 valence electrons. The van der Waals surface area contributed by atoms with Crippen LogP contribution in [0.3, 0.4) is 0 Å². The van der Waals surface area contributed by atoms with Gasteiger partial charge in [0.05, 0.1) is 18.3 Å². The van der Waals surface area contributed by atoms with Crippen LogP contribution in [0, 0.1) is 19.7 Å². The number of amides is 2. The number of carbonyl (C=O) groups is 1. The van der Waals surface area contributed by atoms with Crippen molar-refractivity contribution in [3.63, 3.8) is 0 Å². The monoisotopic (exact) mass is 485 g/mol. The number of anilines is 1. The third-order valence-electron chi connectivity index (χ3n) is 7.22. The van der Waals surface area contributed by atoms with Crippen LogP contribution in [-0.4, -0.2) is 15.5 Å². The third kappa shape index (κ3) is 3.86. The summed E-state index contributed by atoms with van der Waals surface area (Å²) in [6, 6.07) is 16.9. The molecule has 6 heteroatoms. The van der Waals surface area contributed by atoms with Crippen molar-refractivity contribution in [2.45, 2.75) is 52.1 Å². The van der Waals surface area contributed by atoms with Gasteiger partial charge in [-0.3, -0.25) is 0 Å². The largest absolute Gasteiger partial charge is 0.322 e. The molecule has 35 heavy (non-hydrogen) atoms. The Morgan fingerprint density at radius 1 is 1.03 bits per heavy atom. The topological polar surface area (TPSA) is 37.3 Å². The number of urea groups is 1. The summed E-state index contributed by atoms with van der Waals surface area (Å²) in [5, 5.41) is 4.22. The molecule has 0 unspecified atom stereocenters. The van der Waals surface area contributed by atoms with Crippen molar-refractivity contribution >= 4 is 23.1 Å². The number of hydrogen-bond donors (Lipinski definition) is 1. The van der Waals surface area contributed by atoms with E-state index >= 15 is 0 Å². The van der Waals surface area contributed by atoms with Crippen LogP contribution in [-0.2, 0) is 19.4 Å². The van der Waals surface area contributed by atoms with Gasteiger partial charge in [0.15, 0.2) is 0 Å². The number of thiophene rings is 1. The fraction of sp³-hybridized carbons (Fsp3) is 0.276. The Bertz CT molecular complexity index is 1440. The number of carbonyl (C=O) groups excluding carboxylic acids is 1. The molecule has 0 bridgehead atoms. The van der Waals surface area contributed by atoms with Crippen molar-refractivity contribution in [2.75, 3.05) is 5.32 Å². The fourth-order valence-electron chi connectivity index (χ4n) is 5.44. The van der Waals surface area contributed by atoms with E-state index in [1.807, 2.05) is 22.3 Å². The molecule has 0 fully saturated rings. The third-order valence-corrected chi connectivity index (χ3v) is 8.55. The molecular weight excluding hydrogens is 457 g/mol. The van der Waals surface area contributed by atoms with E-state index in [1.165, 1.54) is 39.9 Å². The summed E-state index contributed by atoms with van der Waals surface area (Å²) in [5.41, 5.74) is 6.98. The Balaban J connectivity index is 1.49. The SMILES string of the molecule is Cc1cccc([C@H]2c3cccn3-c3sc4c(c3CN2C(=O)Nc2ccc(C)c(F)c2)CCCC4)c1. The number of aromatic nitrogens is 1. The van der Waals surface area contributed by atoms with Crippen molar-refractivity contribution in [2.24, 2.45) is 0 Å². The second-order valence-electron chi connectivity index (χ2n) is 9.64. The maximum atomic E-state index is 14.3. The summed E-state index contributed by atoms with van der Waals surface area (Å²) in [4.78, 5) is 17.3. The highest BCUT2D eigenvalue weighted by molar-refractivity contribution is 7.15. The zero-order valence-corrected chi connectivity index (χ0v) is 20.8. The van der Waals surface area contributed by atoms with Gasteiger partial charge in [-0.15, -0.1) is 11.3 Å². The lowest BCUT2D eigenvalue weighted by Crippen LogP contribution is -2.38. The minimum absolute atomic E-state index is 0.226. The van der Waals surface area contributed by atoms with E-state index in [0.29, 0.717) is 17.8 Å². The second kappa shape index (κ2) is 8.68. The van der Waals surface area contributed by atoms with Gasteiger partial charge in [-0.2, -0.15) is 0 Å². The molecule has 2 aliphatic rings. The van der Waals surface area contributed by atoms with Crippen LogP contribution in [0.15, 0.2) is 60.8 Å². The minimum Gasteiger partial charge on any atom is -0.310 e. The number of nitrogens with one attached hydrogen (secondary N) is 1. The quantitative estimate of drug-likeness (QED) is 0.318. The Kier molecular flexibility index (Phi) is 5.49. The zero-order chi connectivity index (χ0) is 24.1. The van der Waals surface area contributed by atoms with Gasteiger partial charge < -0.3 is 14.8 Å². The lowest BCUT2D eigenvalue weighted by atomic mass is 9.95. The molecule has 2 aromatic carbocycles. The Morgan fingerprint density at radius 2 is 1.89 bits per heavy atom. The van der Waals surface area contributed by atoms with E-state index in [4.69, 9.17) is 0 Å². The summed E-state index contributed by atoms with van der Waals surface area (Å²) in [6.45, 7) is 4.31. The first-order valence-electron chi connectivity index (χ1n) is 12.2. The van der Waals surface area contributed by atoms with Gasteiger partial charge in [-0.05, 0) is 80.5 Å². The van der Waals surface area contributed by atoms with Gasteiger partial charge in [0, 0.05) is 22.3 Å². The second-order valence-corrected chi connectivity index (χ2v) is 10.7. The summed E-state index contributed by atoms with van der Waals surface area (Å²) >= 11 is 1.88. The minimum atomic E-state index is -0.322. The zero-order valence-electron chi connectivity index (χ0n) is 20.0. The van der Waals surface area contributed by atoms with Crippen molar-refractivity contribution in [1.29, 1.82) is 0 Å². The standard InChI is InChI=1S/C29H28FN3OS/c1-18-7-5-8-20(15-18)27-25-10-6-14-32(25)28-23(22-9-3-4-11-26(22)35-28)17-33(27)29(34)31-21-13-12-19(2)24(30)16-21/h5-8,10,12-16,27H,3-4,9,11,17H2,1-2H3,(H,31,34)/t27-/m0/s1.